The number of ether oxygens (including phenoxy) is 2. The van der Waals surface area contributed by atoms with E-state index in [2.05, 4.69) is 5.32 Å². The number of carbonyl (C=O) groups is 1. The molecule has 0 aliphatic heterocycles. The van der Waals surface area contributed by atoms with Crippen LogP contribution in [-0.4, -0.2) is 32.8 Å². The standard InChI is InChI=1S/C27H25F6NO3/c1-36-13-14-37-18-24(35)34-25(17-19-7-3-2-4-8-19,20-9-5-11-22(15-20)26(28,29)30)21-10-6-12-23(16-21)27(31,32)33/h2-12,15-16H,13-14,17-18H2,1H3,(H,34,35). The summed E-state index contributed by atoms with van der Waals surface area (Å²) in [6.07, 6.45) is -9.55. The van der Waals surface area contributed by atoms with Crippen molar-refractivity contribution in [3.8, 4) is 0 Å². The van der Waals surface area contributed by atoms with Gasteiger partial charge in [0.25, 0.3) is 0 Å². The smallest absolute Gasteiger partial charge is 0.382 e. The van der Waals surface area contributed by atoms with Crippen molar-refractivity contribution in [1.29, 1.82) is 0 Å². The highest BCUT2D eigenvalue weighted by molar-refractivity contribution is 5.79. The third-order valence-electron chi connectivity index (χ3n) is 5.70. The second-order valence-corrected chi connectivity index (χ2v) is 8.32. The van der Waals surface area contributed by atoms with Gasteiger partial charge in [-0.05, 0) is 41.0 Å². The molecule has 198 valence electrons. The molecule has 0 heterocycles. The zero-order valence-electron chi connectivity index (χ0n) is 19.8. The molecule has 0 fully saturated rings. The number of methoxy groups -OCH3 is 1. The predicted octanol–water partition coefficient (Wildman–Crippen LogP) is 5.99. The molecule has 0 radical (unpaired) electrons. The van der Waals surface area contributed by atoms with E-state index in [0.717, 1.165) is 36.4 Å². The van der Waals surface area contributed by atoms with Crippen LogP contribution in [0.25, 0.3) is 0 Å². The molecule has 0 bridgehead atoms. The second-order valence-electron chi connectivity index (χ2n) is 8.32. The summed E-state index contributed by atoms with van der Waals surface area (Å²) >= 11 is 0. The van der Waals surface area contributed by atoms with Gasteiger partial charge in [-0.3, -0.25) is 4.79 Å². The first-order chi connectivity index (χ1) is 17.5. The van der Waals surface area contributed by atoms with Gasteiger partial charge < -0.3 is 14.8 Å². The molecule has 0 spiro atoms. The minimum Gasteiger partial charge on any atom is -0.382 e. The van der Waals surface area contributed by atoms with Crippen LogP contribution in [0.15, 0.2) is 78.9 Å². The molecule has 0 aromatic heterocycles. The van der Waals surface area contributed by atoms with Crippen molar-refractivity contribution in [2.45, 2.75) is 24.3 Å². The van der Waals surface area contributed by atoms with Gasteiger partial charge in [-0.2, -0.15) is 26.3 Å². The first-order valence-electron chi connectivity index (χ1n) is 11.2. The third kappa shape index (κ3) is 7.33. The summed E-state index contributed by atoms with van der Waals surface area (Å²) in [6.45, 7) is -0.204. The maximum absolute atomic E-state index is 13.6. The van der Waals surface area contributed by atoms with Gasteiger partial charge >= 0.3 is 12.4 Å². The number of alkyl halides is 6. The van der Waals surface area contributed by atoms with Gasteiger partial charge in [-0.1, -0.05) is 54.6 Å². The van der Waals surface area contributed by atoms with E-state index in [1.165, 1.54) is 19.2 Å². The molecule has 3 rings (SSSR count). The van der Waals surface area contributed by atoms with E-state index in [9.17, 15) is 31.1 Å². The molecule has 0 saturated carbocycles. The molecule has 1 amide bonds. The second kappa shape index (κ2) is 11.8. The molecule has 10 heteroatoms. The van der Waals surface area contributed by atoms with Crippen LogP contribution >= 0.6 is 0 Å². The molecule has 3 aromatic carbocycles. The molecular formula is C27H25F6NO3. The zero-order valence-corrected chi connectivity index (χ0v) is 19.8. The van der Waals surface area contributed by atoms with Crippen LogP contribution in [0.2, 0.25) is 0 Å². The molecule has 37 heavy (non-hydrogen) atoms. The molecule has 0 atom stereocenters. The lowest BCUT2D eigenvalue weighted by Gasteiger charge is -2.37. The maximum Gasteiger partial charge on any atom is 0.416 e. The lowest BCUT2D eigenvalue weighted by Crippen LogP contribution is -2.50. The van der Waals surface area contributed by atoms with E-state index in [1.54, 1.807) is 30.3 Å². The largest absolute Gasteiger partial charge is 0.416 e. The predicted molar refractivity (Wildman–Crippen MR) is 125 cm³/mol. The topological polar surface area (TPSA) is 47.6 Å². The number of hydrogen-bond acceptors (Lipinski definition) is 3. The first kappa shape index (κ1) is 28.2. The molecule has 0 aliphatic carbocycles. The Bertz CT molecular complexity index is 1120. The van der Waals surface area contributed by atoms with Crippen LogP contribution in [-0.2, 0) is 38.6 Å². The highest BCUT2D eigenvalue weighted by Gasteiger charge is 2.40. The summed E-state index contributed by atoms with van der Waals surface area (Å²) in [6, 6.07) is 16.9. The Morgan fingerprint density at radius 3 is 1.73 bits per heavy atom. The fourth-order valence-electron chi connectivity index (χ4n) is 3.96. The summed E-state index contributed by atoms with van der Waals surface area (Å²) in [5.41, 5.74) is -3.27. The summed E-state index contributed by atoms with van der Waals surface area (Å²) in [5, 5.41) is 2.71. The van der Waals surface area contributed by atoms with Crippen molar-refractivity contribution in [1.82, 2.24) is 5.32 Å². The van der Waals surface area contributed by atoms with Gasteiger partial charge in [0.15, 0.2) is 0 Å². The lowest BCUT2D eigenvalue weighted by atomic mass is 9.77. The molecule has 4 nitrogen and oxygen atoms in total. The minimum absolute atomic E-state index is 0.0317. The highest BCUT2D eigenvalue weighted by atomic mass is 19.4. The Morgan fingerprint density at radius 1 is 0.730 bits per heavy atom. The monoisotopic (exact) mass is 525 g/mol. The van der Waals surface area contributed by atoms with Gasteiger partial charge in [0.1, 0.15) is 6.61 Å². The van der Waals surface area contributed by atoms with Crippen LogP contribution in [0.1, 0.15) is 27.8 Å². The first-order valence-corrected chi connectivity index (χ1v) is 11.2. The molecule has 3 aromatic rings. The van der Waals surface area contributed by atoms with Crippen LogP contribution in [0.5, 0.6) is 0 Å². The minimum atomic E-state index is -4.71. The molecule has 0 saturated heterocycles. The number of halogens is 6. The summed E-state index contributed by atoms with van der Waals surface area (Å²) in [7, 11) is 1.44. The lowest BCUT2D eigenvalue weighted by molar-refractivity contribution is -0.138. The number of benzene rings is 3. The Kier molecular flexibility index (Phi) is 8.98. The average Bonchev–Trinajstić information content (AvgIpc) is 2.86. The van der Waals surface area contributed by atoms with Crippen molar-refractivity contribution < 1.29 is 40.6 Å². The van der Waals surface area contributed by atoms with E-state index in [1.807, 2.05) is 0 Å². The maximum atomic E-state index is 13.6. The van der Waals surface area contributed by atoms with E-state index >= 15 is 0 Å². The van der Waals surface area contributed by atoms with Crippen LogP contribution in [0.3, 0.4) is 0 Å². The SMILES string of the molecule is COCCOCC(=O)NC(Cc1ccccc1)(c1cccc(C(F)(F)F)c1)c1cccc(C(F)(F)F)c1. The fraction of sp³-hybridized carbons (Fsp3) is 0.296. The van der Waals surface area contributed by atoms with Gasteiger partial charge in [0.05, 0.1) is 29.9 Å². The Hall–Kier alpha value is -3.37. The van der Waals surface area contributed by atoms with E-state index in [-0.39, 0.29) is 30.8 Å². The van der Waals surface area contributed by atoms with E-state index in [4.69, 9.17) is 9.47 Å². The highest BCUT2D eigenvalue weighted by Crippen LogP contribution is 2.39. The van der Waals surface area contributed by atoms with Gasteiger partial charge in [-0.25, -0.2) is 0 Å². The third-order valence-corrected chi connectivity index (χ3v) is 5.70. The number of nitrogens with one attached hydrogen (secondary N) is 1. The van der Waals surface area contributed by atoms with Crippen LogP contribution in [0.4, 0.5) is 26.3 Å². The number of hydrogen-bond donors (Lipinski definition) is 1. The van der Waals surface area contributed by atoms with Crippen molar-refractivity contribution >= 4 is 5.91 Å². The van der Waals surface area contributed by atoms with Crippen molar-refractivity contribution in [2.24, 2.45) is 0 Å². The van der Waals surface area contributed by atoms with Crippen LogP contribution in [0, 0.1) is 0 Å². The normalized spacial score (nSPS) is 12.4. The fourth-order valence-corrected chi connectivity index (χ4v) is 3.96. The van der Waals surface area contributed by atoms with Crippen LogP contribution < -0.4 is 5.32 Å². The molecular weight excluding hydrogens is 500 g/mol. The zero-order chi connectivity index (χ0) is 27.1. The Morgan fingerprint density at radius 2 is 1.24 bits per heavy atom. The van der Waals surface area contributed by atoms with Gasteiger partial charge in [-0.15, -0.1) is 0 Å². The summed E-state index contributed by atoms with van der Waals surface area (Å²) < 4.78 is 92.0. The summed E-state index contributed by atoms with van der Waals surface area (Å²) in [4.78, 5) is 13.0. The molecule has 0 unspecified atom stereocenters. The van der Waals surface area contributed by atoms with Gasteiger partial charge in [0.2, 0.25) is 5.91 Å². The van der Waals surface area contributed by atoms with E-state index in [0.29, 0.717) is 5.56 Å². The van der Waals surface area contributed by atoms with Crippen molar-refractivity contribution in [3.05, 3.63) is 107 Å². The Labute approximate surface area is 210 Å². The average molecular weight is 525 g/mol. The van der Waals surface area contributed by atoms with Crippen molar-refractivity contribution in [3.63, 3.8) is 0 Å². The Balaban J connectivity index is 2.22. The molecule has 0 aliphatic rings. The molecule has 1 N–H and O–H groups in total. The van der Waals surface area contributed by atoms with Crippen molar-refractivity contribution in [2.75, 3.05) is 26.9 Å². The van der Waals surface area contributed by atoms with Gasteiger partial charge in [0, 0.05) is 13.5 Å². The number of amides is 1. The summed E-state index contributed by atoms with van der Waals surface area (Å²) in [5.74, 6) is -0.721. The quantitative estimate of drug-likeness (QED) is 0.261. The number of rotatable bonds is 10. The number of carbonyl (C=O) groups excluding carboxylic acids is 1. The van der Waals surface area contributed by atoms with E-state index < -0.39 is 41.5 Å².